The van der Waals surface area contributed by atoms with Crippen LogP contribution in [0.1, 0.15) is 35.0 Å². The molecule has 0 aliphatic carbocycles. The predicted octanol–water partition coefficient (Wildman–Crippen LogP) is 4.66. The monoisotopic (exact) mass is 349 g/mol. The van der Waals surface area contributed by atoms with E-state index in [0.29, 0.717) is 42.8 Å². The van der Waals surface area contributed by atoms with E-state index < -0.39 is 0 Å². The normalized spacial score (nSPS) is 15.2. The minimum Gasteiger partial charge on any atom is -0.378 e. The summed E-state index contributed by atoms with van der Waals surface area (Å²) in [6.45, 7) is 6.81. The van der Waals surface area contributed by atoms with Crippen molar-refractivity contribution in [1.82, 2.24) is 4.90 Å². The number of nitrogens with zero attached hydrogens (tertiary/aromatic N) is 1. The summed E-state index contributed by atoms with van der Waals surface area (Å²) in [6, 6.07) is 9.99. The van der Waals surface area contributed by atoms with Gasteiger partial charge >= 0.3 is 0 Å². The quantitative estimate of drug-likeness (QED) is 0.806. The van der Waals surface area contributed by atoms with E-state index >= 15 is 0 Å². The Morgan fingerprint density at radius 3 is 2.57 bits per heavy atom. The molecule has 2 aromatic rings. The molecule has 3 nitrogen and oxygen atoms in total. The second kappa shape index (κ2) is 7.04. The van der Waals surface area contributed by atoms with Crippen LogP contribution in [-0.4, -0.2) is 37.1 Å². The van der Waals surface area contributed by atoms with Crippen molar-refractivity contribution in [3.8, 4) is 10.4 Å². The van der Waals surface area contributed by atoms with E-state index in [-0.39, 0.29) is 5.91 Å². The van der Waals surface area contributed by atoms with E-state index in [1.807, 2.05) is 18.2 Å². The van der Waals surface area contributed by atoms with Gasteiger partial charge in [0.25, 0.3) is 5.91 Å². The SMILES string of the molecule is CC(C)c1ccc(-c2ccc(C(=O)N3CCOCC3)c(Cl)c2)s1. The molecule has 5 heteroatoms. The molecule has 3 rings (SSSR count). The van der Waals surface area contributed by atoms with Gasteiger partial charge in [-0.1, -0.05) is 31.5 Å². The zero-order valence-corrected chi connectivity index (χ0v) is 14.9. The summed E-state index contributed by atoms with van der Waals surface area (Å²) in [4.78, 5) is 16.9. The molecule has 0 unspecified atom stereocenters. The maximum Gasteiger partial charge on any atom is 0.255 e. The zero-order valence-electron chi connectivity index (χ0n) is 13.3. The second-order valence-electron chi connectivity index (χ2n) is 5.96. The lowest BCUT2D eigenvalue weighted by atomic mass is 10.1. The van der Waals surface area contributed by atoms with Gasteiger partial charge in [-0.3, -0.25) is 4.79 Å². The van der Waals surface area contributed by atoms with E-state index in [1.165, 1.54) is 9.75 Å². The molecule has 1 saturated heterocycles. The fraction of sp³-hybridized carbons (Fsp3) is 0.389. The van der Waals surface area contributed by atoms with Crippen molar-refractivity contribution in [2.45, 2.75) is 19.8 Å². The highest BCUT2D eigenvalue weighted by Gasteiger charge is 2.21. The Morgan fingerprint density at radius 1 is 1.22 bits per heavy atom. The highest BCUT2D eigenvalue weighted by Crippen LogP contribution is 2.34. The number of halogens is 1. The van der Waals surface area contributed by atoms with E-state index in [9.17, 15) is 4.79 Å². The van der Waals surface area contributed by atoms with Gasteiger partial charge in [0, 0.05) is 22.8 Å². The fourth-order valence-corrected chi connectivity index (χ4v) is 3.86. The number of amides is 1. The Morgan fingerprint density at radius 2 is 1.96 bits per heavy atom. The van der Waals surface area contributed by atoms with Crippen LogP contribution in [-0.2, 0) is 4.74 Å². The number of carbonyl (C=O) groups excluding carboxylic acids is 1. The van der Waals surface area contributed by atoms with Crippen LogP contribution < -0.4 is 0 Å². The number of thiophene rings is 1. The van der Waals surface area contributed by atoms with Gasteiger partial charge < -0.3 is 9.64 Å². The average molecular weight is 350 g/mol. The van der Waals surface area contributed by atoms with Gasteiger partial charge in [0.15, 0.2) is 0 Å². The lowest BCUT2D eigenvalue weighted by Gasteiger charge is -2.27. The van der Waals surface area contributed by atoms with Crippen LogP contribution in [0.2, 0.25) is 5.02 Å². The summed E-state index contributed by atoms with van der Waals surface area (Å²) in [6.07, 6.45) is 0. The van der Waals surface area contributed by atoms with Crippen molar-refractivity contribution in [2.75, 3.05) is 26.3 Å². The van der Waals surface area contributed by atoms with E-state index in [2.05, 4.69) is 26.0 Å². The number of ether oxygens (including phenoxy) is 1. The molecule has 0 bridgehead atoms. The molecule has 1 aromatic heterocycles. The van der Waals surface area contributed by atoms with Crippen molar-refractivity contribution < 1.29 is 9.53 Å². The second-order valence-corrected chi connectivity index (χ2v) is 7.48. The first-order chi connectivity index (χ1) is 11.1. The number of hydrogen-bond acceptors (Lipinski definition) is 3. The molecule has 23 heavy (non-hydrogen) atoms. The summed E-state index contributed by atoms with van der Waals surface area (Å²) >= 11 is 8.16. The van der Waals surface area contributed by atoms with Crippen molar-refractivity contribution in [1.29, 1.82) is 0 Å². The highest BCUT2D eigenvalue weighted by molar-refractivity contribution is 7.15. The molecule has 2 heterocycles. The van der Waals surface area contributed by atoms with Gasteiger partial charge in [-0.15, -0.1) is 11.3 Å². The molecule has 1 aromatic carbocycles. The van der Waals surface area contributed by atoms with Crippen molar-refractivity contribution >= 4 is 28.8 Å². The van der Waals surface area contributed by atoms with Gasteiger partial charge in [0.2, 0.25) is 0 Å². The number of hydrogen-bond donors (Lipinski definition) is 0. The molecule has 1 amide bonds. The summed E-state index contributed by atoms with van der Waals surface area (Å²) in [7, 11) is 0. The van der Waals surface area contributed by atoms with E-state index in [1.54, 1.807) is 16.2 Å². The first-order valence-corrected chi connectivity index (χ1v) is 9.02. The summed E-state index contributed by atoms with van der Waals surface area (Å²) in [5.74, 6) is 0.505. The molecule has 1 fully saturated rings. The minimum atomic E-state index is -0.0149. The first-order valence-electron chi connectivity index (χ1n) is 7.83. The maximum atomic E-state index is 12.6. The van der Waals surface area contributed by atoms with Gasteiger partial charge in [0.05, 0.1) is 23.8 Å². The van der Waals surface area contributed by atoms with Gasteiger partial charge in [0.1, 0.15) is 0 Å². The Hall–Kier alpha value is -1.36. The van der Waals surface area contributed by atoms with Gasteiger partial charge in [-0.05, 0) is 35.7 Å². The van der Waals surface area contributed by atoms with Gasteiger partial charge in [-0.2, -0.15) is 0 Å². The molecule has 122 valence electrons. The third kappa shape index (κ3) is 3.60. The third-order valence-corrected chi connectivity index (χ3v) is 5.73. The topological polar surface area (TPSA) is 29.5 Å². The van der Waals surface area contributed by atoms with E-state index in [0.717, 1.165) is 5.56 Å². The molecule has 1 aliphatic heterocycles. The lowest BCUT2D eigenvalue weighted by Crippen LogP contribution is -2.40. The molecular weight excluding hydrogens is 330 g/mol. The van der Waals surface area contributed by atoms with Crippen LogP contribution in [0.15, 0.2) is 30.3 Å². The molecular formula is C18H20ClNO2S. The van der Waals surface area contributed by atoms with Crippen LogP contribution in [0.3, 0.4) is 0 Å². The number of carbonyl (C=O) groups is 1. The summed E-state index contributed by atoms with van der Waals surface area (Å²) < 4.78 is 5.29. The smallest absolute Gasteiger partial charge is 0.255 e. The average Bonchev–Trinajstić information content (AvgIpc) is 3.05. The standard InChI is InChI=1S/C18H20ClNO2S/c1-12(2)16-5-6-17(23-16)13-3-4-14(15(19)11-13)18(21)20-7-9-22-10-8-20/h3-6,11-12H,7-10H2,1-2H3. The number of morpholine rings is 1. The number of rotatable bonds is 3. The van der Waals surface area contributed by atoms with Crippen molar-refractivity contribution in [3.63, 3.8) is 0 Å². The number of benzene rings is 1. The van der Waals surface area contributed by atoms with Crippen molar-refractivity contribution in [3.05, 3.63) is 45.8 Å². The Kier molecular flexibility index (Phi) is 5.05. The lowest BCUT2D eigenvalue weighted by molar-refractivity contribution is 0.0303. The van der Waals surface area contributed by atoms with E-state index in [4.69, 9.17) is 16.3 Å². The molecule has 1 aliphatic rings. The maximum absolute atomic E-state index is 12.6. The van der Waals surface area contributed by atoms with Crippen LogP contribution in [0, 0.1) is 0 Å². The zero-order chi connectivity index (χ0) is 16.4. The van der Waals surface area contributed by atoms with Crippen LogP contribution in [0.4, 0.5) is 0 Å². The Labute approximate surface area is 145 Å². The molecule has 0 radical (unpaired) electrons. The minimum absolute atomic E-state index is 0.0149. The summed E-state index contributed by atoms with van der Waals surface area (Å²) in [5.41, 5.74) is 1.63. The molecule has 0 saturated carbocycles. The largest absolute Gasteiger partial charge is 0.378 e. The Balaban J connectivity index is 1.83. The van der Waals surface area contributed by atoms with Crippen LogP contribution >= 0.6 is 22.9 Å². The molecule has 0 N–H and O–H groups in total. The predicted molar refractivity (Wildman–Crippen MR) is 95.6 cm³/mol. The third-order valence-electron chi connectivity index (χ3n) is 3.98. The van der Waals surface area contributed by atoms with Crippen LogP contribution in [0.5, 0.6) is 0 Å². The van der Waals surface area contributed by atoms with Crippen LogP contribution in [0.25, 0.3) is 10.4 Å². The molecule has 0 atom stereocenters. The van der Waals surface area contributed by atoms with Gasteiger partial charge in [-0.25, -0.2) is 0 Å². The Bertz CT molecular complexity index is 705. The highest BCUT2D eigenvalue weighted by atomic mass is 35.5. The first kappa shape index (κ1) is 16.5. The van der Waals surface area contributed by atoms with Crippen molar-refractivity contribution in [2.24, 2.45) is 0 Å². The summed E-state index contributed by atoms with van der Waals surface area (Å²) in [5, 5.41) is 0.512. The molecule has 0 spiro atoms. The fourth-order valence-electron chi connectivity index (χ4n) is 2.60.